The average molecular weight is 159 g/mol. The molecule has 0 saturated carbocycles. The van der Waals surface area contributed by atoms with Crippen molar-refractivity contribution in [3.8, 4) is 0 Å². The van der Waals surface area contributed by atoms with Crippen LogP contribution in [0, 0.1) is 5.92 Å². The van der Waals surface area contributed by atoms with Crippen LogP contribution in [-0.4, -0.2) is 12.7 Å². The molecule has 0 aliphatic heterocycles. The summed E-state index contributed by atoms with van der Waals surface area (Å²) >= 11 is 0. The van der Waals surface area contributed by atoms with Gasteiger partial charge in [0.25, 0.3) is 0 Å². The SMILES string of the molecule is CCC(C)CCCOC(N)=O. The lowest BCUT2D eigenvalue weighted by molar-refractivity contribution is 0.152. The van der Waals surface area contributed by atoms with Gasteiger partial charge in [0.05, 0.1) is 6.61 Å². The molecule has 3 nitrogen and oxygen atoms in total. The zero-order valence-corrected chi connectivity index (χ0v) is 7.30. The summed E-state index contributed by atoms with van der Waals surface area (Å²) in [6, 6.07) is 0. The van der Waals surface area contributed by atoms with Crippen LogP contribution in [0.1, 0.15) is 33.1 Å². The lowest BCUT2D eigenvalue weighted by atomic mass is 10.0. The number of hydrogen-bond donors (Lipinski definition) is 1. The smallest absolute Gasteiger partial charge is 0.404 e. The molecular formula is C8H17NO2. The minimum atomic E-state index is -0.672. The van der Waals surface area contributed by atoms with Gasteiger partial charge in [0.15, 0.2) is 0 Å². The quantitative estimate of drug-likeness (QED) is 0.623. The van der Waals surface area contributed by atoms with Gasteiger partial charge in [0.2, 0.25) is 0 Å². The van der Waals surface area contributed by atoms with Gasteiger partial charge in [-0.15, -0.1) is 0 Å². The molecule has 0 fully saturated rings. The maximum absolute atomic E-state index is 10.1. The van der Waals surface area contributed by atoms with E-state index in [0.29, 0.717) is 12.5 Å². The van der Waals surface area contributed by atoms with Crippen LogP contribution in [0.5, 0.6) is 0 Å². The van der Waals surface area contributed by atoms with E-state index in [1.54, 1.807) is 0 Å². The Balaban J connectivity index is 3.08. The van der Waals surface area contributed by atoms with Crippen LogP contribution in [0.3, 0.4) is 0 Å². The first kappa shape index (κ1) is 10.3. The van der Waals surface area contributed by atoms with E-state index in [1.807, 2.05) is 0 Å². The number of primary amides is 1. The molecule has 1 atom stereocenters. The standard InChI is InChI=1S/C8H17NO2/c1-3-7(2)5-4-6-11-8(9)10/h7H,3-6H2,1-2H3,(H2,9,10). The first-order chi connectivity index (χ1) is 5.16. The zero-order valence-electron chi connectivity index (χ0n) is 7.30. The largest absolute Gasteiger partial charge is 0.450 e. The summed E-state index contributed by atoms with van der Waals surface area (Å²) < 4.78 is 4.58. The summed E-state index contributed by atoms with van der Waals surface area (Å²) in [6.07, 6.45) is 2.52. The molecule has 0 spiro atoms. The minimum Gasteiger partial charge on any atom is -0.450 e. The Labute approximate surface area is 67.9 Å². The predicted octanol–water partition coefficient (Wildman–Crippen LogP) is 1.91. The van der Waals surface area contributed by atoms with E-state index in [2.05, 4.69) is 18.6 Å². The third kappa shape index (κ3) is 7.16. The molecule has 0 bridgehead atoms. The number of amides is 1. The van der Waals surface area contributed by atoms with Crippen LogP contribution >= 0.6 is 0 Å². The highest BCUT2D eigenvalue weighted by molar-refractivity contribution is 5.64. The van der Waals surface area contributed by atoms with Crippen LogP contribution in [0.2, 0.25) is 0 Å². The monoisotopic (exact) mass is 159 g/mol. The summed E-state index contributed by atoms with van der Waals surface area (Å²) in [5.41, 5.74) is 4.78. The maximum atomic E-state index is 10.1. The van der Waals surface area contributed by atoms with Crippen molar-refractivity contribution in [3.05, 3.63) is 0 Å². The van der Waals surface area contributed by atoms with Gasteiger partial charge in [-0.1, -0.05) is 20.3 Å². The van der Waals surface area contributed by atoms with Gasteiger partial charge < -0.3 is 10.5 Å². The van der Waals surface area contributed by atoms with Crippen LogP contribution in [-0.2, 0) is 4.74 Å². The highest BCUT2D eigenvalue weighted by Crippen LogP contribution is 2.08. The van der Waals surface area contributed by atoms with Crippen LogP contribution in [0.25, 0.3) is 0 Å². The Morgan fingerprint density at radius 3 is 2.73 bits per heavy atom. The van der Waals surface area contributed by atoms with Gasteiger partial charge in [-0.3, -0.25) is 0 Å². The fourth-order valence-corrected chi connectivity index (χ4v) is 0.809. The van der Waals surface area contributed by atoms with Gasteiger partial charge in [-0.2, -0.15) is 0 Å². The van der Waals surface area contributed by atoms with Crippen molar-refractivity contribution >= 4 is 6.09 Å². The molecule has 0 aromatic carbocycles. The average Bonchev–Trinajstić information content (AvgIpc) is 1.97. The number of rotatable bonds is 5. The van der Waals surface area contributed by atoms with E-state index >= 15 is 0 Å². The topological polar surface area (TPSA) is 52.3 Å². The van der Waals surface area contributed by atoms with Gasteiger partial charge in [-0.25, -0.2) is 4.79 Å². The molecule has 11 heavy (non-hydrogen) atoms. The molecule has 1 unspecified atom stereocenters. The van der Waals surface area contributed by atoms with Crippen LogP contribution < -0.4 is 5.73 Å². The molecule has 0 saturated heterocycles. The number of carbonyl (C=O) groups is 1. The summed E-state index contributed by atoms with van der Waals surface area (Å²) in [6.45, 7) is 4.80. The first-order valence-electron chi connectivity index (χ1n) is 4.09. The van der Waals surface area contributed by atoms with Crippen molar-refractivity contribution < 1.29 is 9.53 Å². The zero-order chi connectivity index (χ0) is 8.69. The minimum absolute atomic E-state index is 0.458. The molecule has 0 aliphatic carbocycles. The van der Waals surface area contributed by atoms with E-state index in [1.165, 1.54) is 6.42 Å². The Morgan fingerprint density at radius 2 is 2.27 bits per heavy atom. The van der Waals surface area contributed by atoms with Gasteiger partial charge in [0.1, 0.15) is 0 Å². The van der Waals surface area contributed by atoms with Crippen LogP contribution in [0.4, 0.5) is 4.79 Å². The summed E-state index contributed by atoms with van der Waals surface area (Å²) in [5.74, 6) is 0.714. The second kappa shape index (κ2) is 6.01. The maximum Gasteiger partial charge on any atom is 0.404 e. The number of hydrogen-bond acceptors (Lipinski definition) is 2. The van der Waals surface area contributed by atoms with Crippen molar-refractivity contribution in [3.63, 3.8) is 0 Å². The molecule has 66 valence electrons. The van der Waals surface area contributed by atoms with Crippen molar-refractivity contribution in [1.82, 2.24) is 0 Å². The van der Waals surface area contributed by atoms with Crippen LogP contribution in [0.15, 0.2) is 0 Å². The Hall–Kier alpha value is -0.730. The van der Waals surface area contributed by atoms with Crippen molar-refractivity contribution in [2.45, 2.75) is 33.1 Å². The molecule has 1 amide bonds. The van der Waals surface area contributed by atoms with Gasteiger partial charge in [-0.05, 0) is 18.8 Å². The second-order valence-electron chi connectivity index (χ2n) is 2.82. The molecule has 3 heteroatoms. The molecule has 2 N–H and O–H groups in total. The Kier molecular flexibility index (Phi) is 5.61. The summed E-state index contributed by atoms with van der Waals surface area (Å²) in [4.78, 5) is 10.1. The molecule has 0 aromatic heterocycles. The van der Waals surface area contributed by atoms with Gasteiger partial charge >= 0.3 is 6.09 Å². The molecule has 0 heterocycles. The van der Waals surface area contributed by atoms with Crippen molar-refractivity contribution in [1.29, 1.82) is 0 Å². The second-order valence-corrected chi connectivity index (χ2v) is 2.82. The number of ether oxygens (including phenoxy) is 1. The van der Waals surface area contributed by atoms with Gasteiger partial charge in [0, 0.05) is 0 Å². The Morgan fingerprint density at radius 1 is 1.64 bits per heavy atom. The van der Waals surface area contributed by atoms with E-state index in [-0.39, 0.29) is 0 Å². The number of nitrogens with two attached hydrogens (primary N) is 1. The third-order valence-corrected chi connectivity index (χ3v) is 1.78. The third-order valence-electron chi connectivity index (χ3n) is 1.78. The van der Waals surface area contributed by atoms with E-state index in [9.17, 15) is 4.79 Å². The fourth-order valence-electron chi connectivity index (χ4n) is 0.809. The van der Waals surface area contributed by atoms with Crippen molar-refractivity contribution in [2.24, 2.45) is 11.7 Å². The Bertz CT molecular complexity index is 115. The first-order valence-corrected chi connectivity index (χ1v) is 4.09. The highest BCUT2D eigenvalue weighted by atomic mass is 16.5. The fraction of sp³-hybridized carbons (Fsp3) is 0.875. The lowest BCUT2D eigenvalue weighted by Crippen LogP contribution is -2.14. The van der Waals surface area contributed by atoms with E-state index in [4.69, 9.17) is 5.73 Å². The number of carbonyl (C=O) groups excluding carboxylic acids is 1. The highest BCUT2D eigenvalue weighted by Gasteiger charge is 1.98. The summed E-state index contributed by atoms with van der Waals surface area (Å²) in [5, 5.41) is 0. The molecule has 0 aromatic rings. The molecule has 0 rings (SSSR count). The molecule has 0 aliphatic rings. The summed E-state index contributed by atoms with van der Waals surface area (Å²) in [7, 11) is 0. The van der Waals surface area contributed by atoms with E-state index < -0.39 is 6.09 Å². The van der Waals surface area contributed by atoms with Crippen molar-refractivity contribution in [2.75, 3.05) is 6.61 Å². The molecule has 0 radical (unpaired) electrons. The molecular weight excluding hydrogens is 142 g/mol. The predicted molar refractivity (Wildman–Crippen MR) is 44.2 cm³/mol. The normalized spacial score (nSPS) is 12.5. The van der Waals surface area contributed by atoms with E-state index in [0.717, 1.165) is 12.8 Å². The lowest BCUT2D eigenvalue weighted by Gasteiger charge is -2.06.